The third-order valence-electron chi connectivity index (χ3n) is 2.85. The number of carbonyl (C=O) groups excluding carboxylic acids is 2. The number of halogens is 3. The summed E-state index contributed by atoms with van der Waals surface area (Å²) in [7, 11) is 0. The molecule has 0 spiro atoms. The molecule has 0 aromatic carbocycles. The minimum Gasteiger partial charge on any atom is -0.434 e. The zero-order chi connectivity index (χ0) is 17.4. The SMILES string of the molecule is CCc1nn(CC)c(-c2cnccc2OC(F)F)c1Cl.O=C=O. The Morgan fingerprint density at radius 1 is 1.39 bits per heavy atom. The van der Waals surface area contributed by atoms with Gasteiger partial charge in [-0.05, 0) is 19.4 Å². The third kappa shape index (κ3) is 4.58. The van der Waals surface area contributed by atoms with Crippen LogP contribution in [0.2, 0.25) is 5.02 Å². The van der Waals surface area contributed by atoms with Gasteiger partial charge in [-0.3, -0.25) is 9.67 Å². The normalized spacial score (nSPS) is 10.0. The summed E-state index contributed by atoms with van der Waals surface area (Å²) < 4.78 is 31.1. The molecule has 0 fully saturated rings. The third-order valence-corrected chi connectivity index (χ3v) is 3.24. The summed E-state index contributed by atoms with van der Waals surface area (Å²) in [6.07, 6.45) is 3.75. The lowest BCUT2D eigenvalue weighted by molar-refractivity contribution is -0.191. The highest BCUT2D eigenvalue weighted by Crippen LogP contribution is 2.36. The number of hydrogen-bond acceptors (Lipinski definition) is 5. The summed E-state index contributed by atoms with van der Waals surface area (Å²) >= 11 is 6.30. The van der Waals surface area contributed by atoms with Crippen LogP contribution in [0.1, 0.15) is 19.5 Å². The fraction of sp³-hybridized carbons (Fsp3) is 0.357. The van der Waals surface area contributed by atoms with Crippen molar-refractivity contribution in [3.8, 4) is 17.0 Å². The van der Waals surface area contributed by atoms with Crippen LogP contribution in [0.3, 0.4) is 0 Å². The first kappa shape index (κ1) is 18.7. The van der Waals surface area contributed by atoms with Crippen LogP contribution < -0.4 is 4.74 Å². The largest absolute Gasteiger partial charge is 0.434 e. The molecule has 0 amide bonds. The molecule has 0 atom stereocenters. The van der Waals surface area contributed by atoms with Crippen LogP contribution in [0.5, 0.6) is 5.75 Å². The molecule has 0 aliphatic heterocycles. The molecule has 2 rings (SSSR count). The molecule has 0 saturated heterocycles. The van der Waals surface area contributed by atoms with Gasteiger partial charge in [-0.2, -0.15) is 23.5 Å². The predicted octanol–water partition coefficient (Wildman–Crippen LogP) is 3.20. The molecule has 124 valence electrons. The molecule has 0 radical (unpaired) electrons. The van der Waals surface area contributed by atoms with Crippen molar-refractivity contribution in [1.29, 1.82) is 0 Å². The van der Waals surface area contributed by atoms with Crippen LogP contribution in [0.15, 0.2) is 18.5 Å². The second-order valence-electron chi connectivity index (χ2n) is 4.11. The number of nitrogens with zero attached hydrogens (tertiary/aromatic N) is 3. The lowest BCUT2D eigenvalue weighted by Crippen LogP contribution is -2.05. The monoisotopic (exact) mass is 345 g/mol. The van der Waals surface area contributed by atoms with Crippen LogP contribution in [-0.2, 0) is 22.6 Å². The van der Waals surface area contributed by atoms with Crippen molar-refractivity contribution in [2.24, 2.45) is 0 Å². The van der Waals surface area contributed by atoms with E-state index in [1.165, 1.54) is 18.5 Å². The molecule has 0 unspecified atom stereocenters. The van der Waals surface area contributed by atoms with E-state index in [4.69, 9.17) is 21.2 Å². The molecule has 0 bridgehead atoms. The zero-order valence-corrected chi connectivity index (χ0v) is 13.2. The maximum absolute atomic E-state index is 12.5. The van der Waals surface area contributed by atoms with Crippen molar-refractivity contribution < 1.29 is 23.1 Å². The quantitative estimate of drug-likeness (QED) is 0.832. The first-order valence-electron chi connectivity index (χ1n) is 6.63. The molecule has 23 heavy (non-hydrogen) atoms. The van der Waals surface area contributed by atoms with E-state index in [1.54, 1.807) is 4.68 Å². The topological polar surface area (TPSA) is 74.1 Å². The van der Waals surface area contributed by atoms with Crippen LogP contribution in [-0.4, -0.2) is 27.5 Å². The molecule has 9 heteroatoms. The average molecular weight is 346 g/mol. The fourth-order valence-corrected chi connectivity index (χ4v) is 2.33. The van der Waals surface area contributed by atoms with Gasteiger partial charge in [0.1, 0.15) is 5.75 Å². The highest BCUT2D eigenvalue weighted by molar-refractivity contribution is 6.33. The van der Waals surface area contributed by atoms with Crippen molar-refractivity contribution in [3.63, 3.8) is 0 Å². The van der Waals surface area contributed by atoms with E-state index >= 15 is 0 Å². The maximum Gasteiger partial charge on any atom is 0.387 e. The summed E-state index contributed by atoms with van der Waals surface area (Å²) in [6.45, 7) is 1.49. The van der Waals surface area contributed by atoms with E-state index < -0.39 is 6.61 Å². The Labute approximate surface area is 136 Å². The molecule has 0 saturated carbocycles. The second-order valence-corrected chi connectivity index (χ2v) is 4.49. The van der Waals surface area contributed by atoms with Crippen LogP contribution >= 0.6 is 11.6 Å². The lowest BCUT2D eigenvalue weighted by Gasteiger charge is -2.11. The minimum atomic E-state index is -2.90. The number of pyridine rings is 1. The Morgan fingerprint density at radius 2 is 2.04 bits per heavy atom. The molecule has 2 aromatic rings. The van der Waals surface area contributed by atoms with Gasteiger partial charge in [0.25, 0.3) is 0 Å². The van der Waals surface area contributed by atoms with Crippen molar-refractivity contribution in [2.75, 3.05) is 0 Å². The van der Waals surface area contributed by atoms with Gasteiger partial charge in [-0.25, -0.2) is 0 Å². The Balaban J connectivity index is 0.000000816. The standard InChI is InChI=1S/C13H14ClF2N3O.CO2/c1-3-9-11(14)12(19(4-2)18-9)8-7-17-6-5-10(8)20-13(15)16;2-1-3/h5-7,13H,3-4H2,1-2H3;. The predicted molar refractivity (Wildman–Crippen MR) is 77.2 cm³/mol. The molecule has 0 aliphatic rings. The highest BCUT2D eigenvalue weighted by Gasteiger charge is 2.20. The summed E-state index contributed by atoms with van der Waals surface area (Å²) in [4.78, 5) is 20.2. The number of alkyl halides is 2. The fourth-order valence-electron chi connectivity index (χ4n) is 1.96. The summed E-state index contributed by atoms with van der Waals surface area (Å²) in [5.41, 5.74) is 1.68. The smallest absolute Gasteiger partial charge is 0.387 e. The Bertz CT molecular complexity index is 686. The van der Waals surface area contributed by atoms with Gasteiger partial charge in [0, 0.05) is 18.9 Å². The van der Waals surface area contributed by atoms with Crippen LogP contribution in [0.4, 0.5) is 8.78 Å². The second kappa shape index (κ2) is 8.97. The van der Waals surface area contributed by atoms with Gasteiger partial charge < -0.3 is 4.74 Å². The first-order valence-corrected chi connectivity index (χ1v) is 7.01. The lowest BCUT2D eigenvalue weighted by atomic mass is 10.1. The Morgan fingerprint density at radius 3 is 2.57 bits per heavy atom. The van der Waals surface area contributed by atoms with Gasteiger partial charge in [0.2, 0.25) is 0 Å². The molecule has 0 aliphatic carbocycles. The molecule has 0 N–H and O–H groups in total. The Hall–Kier alpha value is -2.31. The number of ether oxygens (including phenoxy) is 1. The number of aryl methyl sites for hydroxylation is 2. The van der Waals surface area contributed by atoms with E-state index in [0.717, 1.165) is 5.69 Å². The molecule has 6 nitrogen and oxygen atoms in total. The van der Waals surface area contributed by atoms with Crippen molar-refractivity contribution in [2.45, 2.75) is 33.4 Å². The number of aromatic nitrogens is 3. The first-order chi connectivity index (χ1) is 11.0. The average Bonchev–Trinajstić information content (AvgIpc) is 2.84. The number of rotatable bonds is 5. The van der Waals surface area contributed by atoms with Gasteiger partial charge in [-0.15, -0.1) is 0 Å². The number of hydrogen-bond donors (Lipinski definition) is 0. The van der Waals surface area contributed by atoms with Crippen LogP contribution in [0, 0.1) is 0 Å². The highest BCUT2D eigenvalue weighted by atomic mass is 35.5. The molecule has 2 aromatic heterocycles. The maximum atomic E-state index is 12.5. The van der Waals surface area contributed by atoms with E-state index in [9.17, 15) is 8.78 Å². The van der Waals surface area contributed by atoms with Crippen molar-refractivity contribution >= 4 is 17.8 Å². The minimum absolute atomic E-state index is 0.0363. The van der Waals surface area contributed by atoms with Gasteiger partial charge in [-0.1, -0.05) is 18.5 Å². The van der Waals surface area contributed by atoms with Crippen molar-refractivity contribution in [1.82, 2.24) is 14.8 Å². The Kier molecular flexibility index (Phi) is 7.31. The van der Waals surface area contributed by atoms with Gasteiger partial charge in [0.05, 0.1) is 22.0 Å². The van der Waals surface area contributed by atoms with E-state index in [2.05, 4.69) is 14.8 Å². The zero-order valence-electron chi connectivity index (χ0n) is 12.4. The molecular formula is C14H14ClF2N3O3. The van der Waals surface area contributed by atoms with Gasteiger partial charge >= 0.3 is 12.8 Å². The summed E-state index contributed by atoms with van der Waals surface area (Å²) in [5, 5.41) is 4.80. The van der Waals surface area contributed by atoms with E-state index in [1.807, 2.05) is 13.8 Å². The van der Waals surface area contributed by atoms with E-state index in [-0.39, 0.29) is 11.9 Å². The van der Waals surface area contributed by atoms with Gasteiger partial charge in [0.15, 0.2) is 0 Å². The van der Waals surface area contributed by atoms with Crippen LogP contribution in [0.25, 0.3) is 11.3 Å². The van der Waals surface area contributed by atoms with Crippen molar-refractivity contribution in [3.05, 3.63) is 29.2 Å². The molecular weight excluding hydrogens is 332 g/mol. The molecule has 2 heterocycles. The summed E-state index contributed by atoms with van der Waals surface area (Å²) in [5.74, 6) is 0.0363. The summed E-state index contributed by atoms with van der Waals surface area (Å²) in [6, 6.07) is 1.39. The van der Waals surface area contributed by atoms with E-state index in [0.29, 0.717) is 29.2 Å².